The van der Waals surface area contributed by atoms with Gasteiger partial charge in [-0.2, -0.15) is 4.98 Å². The van der Waals surface area contributed by atoms with Crippen LogP contribution in [0, 0.1) is 0 Å². The molecule has 0 aromatic carbocycles. The van der Waals surface area contributed by atoms with Gasteiger partial charge in [0.05, 0.1) is 6.54 Å². The largest absolute Gasteiger partial charge is 0.361 e. The van der Waals surface area contributed by atoms with Gasteiger partial charge in [0, 0.05) is 17.2 Å². The van der Waals surface area contributed by atoms with Crippen LogP contribution >= 0.6 is 0 Å². The molecular formula is C14H21N5O. The molecule has 2 rings (SSSR count). The zero-order chi connectivity index (χ0) is 14.8. The van der Waals surface area contributed by atoms with Crippen molar-refractivity contribution in [1.82, 2.24) is 20.1 Å². The maximum absolute atomic E-state index is 5.22. The molecule has 0 aliphatic carbocycles. The van der Waals surface area contributed by atoms with E-state index in [1.807, 2.05) is 26.8 Å². The zero-order valence-electron chi connectivity index (χ0n) is 12.6. The number of nitrogens with zero attached hydrogens (tertiary/aromatic N) is 4. The molecule has 0 saturated heterocycles. The third kappa shape index (κ3) is 3.53. The molecule has 0 bridgehead atoms. The SMILES string of the molecule is CC(C)c1cc(NCc2nc(C(C)(C)C)no2)ncn1. The van der Waals surface area contributed by atoms with Crippen molar-refractivity contribution in [3.05, 3.63) is 29.8 Å². The molecule has 1 N–H and O–H groups in total. The van der Waals surface area contributed by atoms with Crippen LogP contribution in [0.2, 0.25) is 0 Å². The van der Waals surface area contributed by atoms with E-state index in [0.29, 0.717) is 24.2 Å². The van der Waals surface area contributed by atoms with Gasteiger partial charge in [0.1, 0.15) is 12.1 Å². The van der Waals surface area contributed by atoms with Gasteiger partial charge in [-0.3, -0.25) is 0 Å². The number of nitrogens with one attached hydrogen (secondary N) is 1. The zero-order valence-corrected chi connectivity index (χ0v) is 12.6. The summed E-state index contributed by atoms with van der Waals surface area (Å²) in [5.74, 6) is 2.40. The van der Waals surface area contributed by atoms with E-state index in [9.17, 15) is 0 Å². The lowest BCUT2D eigenvalue weighted by Gasteiger charge is -2.10. The van der Waals surface area contributed by atoms with E-state index < -0.39 is 0 Å². The van der Waals surface area contributed by atoms with Crippen LogP contribution in [0.5, 0.6) is 0 Å². The maximum atomic E-state index is 5.22. The van der Waals surface area contributed by atoms with Crippen LogP contribution < -0.4 is 5.32 Å². The van der Waals surface area contributed by atoms with E-state index in [1.54, 1.807) is 6.33 Å². The first kappa shape index (κ1) is 14.4. The molecule has 2 aromatic rings. The fraction of sp³-hybridized carbons (Fsp3) is 0.571. The monoisotopic (exact) mass is 275 g/mol. The van der Waals surface area contributed by atoms with Crippen molar-refractivity contribution in [2.75, 3.05) is 5.32 Å². The van der Waals surface area contributed by atoms with Crippen LogP contribution in [0.4, 0.5) is 5.82 Å². The Balaban J connectivity index is 2.02. The van der Waals surface area contributed by atoms with Crippen molar-refractivity contribution in [2.45, 2.75) is 52.5 Å². The van der Waals surface area contributed by atoms with Crippen LogP contribution in [0.1, 0.15) is 57.9 Å². The van der Waals surface area contributed by atoms with E-state index in [4.69, 9.17) is 4.52 Å². The van der Waals surface area contributed by atoms with Gasteiger partial charge in [-0.1, -0.05) is 39.8 Å². The standard InChI is InChI=1S/C14H21N5O/c1-9(2)10-6-11(17-8-16-10)15-7-12-18-13(19-20-12)14(3,4)5/h6,8-9H,7H2,1-5H3,(H,15,16,17). The molecule has 0 aliphatic heterocycles. The number of anilines is 1. The van der Waals surface area contributed by atoms with Crippen molar-refractivity contribution in [2.24, 2.45) is 0 Å². The van der Waals surface area contributed by atoms with Gasteiger partial charge in [-0.25, -0.2) is 9.97 Å². The van der Waals surface area contributed by atoms with Gasteiger partial charge < -0.3 is 9.84 Å². The van der Waals surface area contributed by atoms with Crippen molar-refractivity contribution < 1.29 is 4.52 Å². The highest BCUT2D eigenvalue weighted by atomic mass is 16.5. The van der Waals surface area contributed by atoms with E-state index >= 15 is 0 Å². The first-order chi connectivity index (χ1) is 9.36. The lowest BCUT2D eigenvalue weighted by Crippen LogP contribution is -2.13. The quantitative estimate of drug-likeness (QED) is 0.924. The van der Waals surface area contributed by atoms with E-state index in [2.05, 4.69) is 39.3 Å². The molecule has 2 heterocycles. The Bertz CT molecular complexity index is 571. The average molecular weight is 275 g/mol. The second kappa shape index (κ2) is 5.56. The highest BCUT2D eigenvalue weighted by Crippen LogP contribution is 2.19. The Morgan fingerprint density at radius 3 is 2.60 bits per heavy atom. The van der Waals surface area contributed by atoms with E-state index in [0.717, 1.165) is 11.5 Å². The van der Waals surface area contributed by atoms with Crippen LogP contribution in [0.15, 0.2) is 16.9 Å². The normalized spacial score (nSPS) is 11.9. The smallest absolute Gasteiger partial charge is 0.246 e. The van der Waals surface area contributed by atoms with Crippen molar-refractivity contribution >= 4 is 5.82 Å². The third-order valence-electron chi connectivity index (χ3n) is 2.84. The third-order valence-corrected chi connectivity index (χ3v) is 2.84. The van der Waals surface area contributed by atoms with Gasteiger partial charge in [0.15, 0.2) is 5.82 Å². The number of rotatable bonds is 4. The van der Waals surface area contributed by atoms with Crippen molar-refractivity contribution in [3.63, 3.8) is 0 Å². The second-order valence-corrected chi connectivity index (χ2v) is 6.10. The lowest BCUT2D eigenvalue weighted by atomic mass is 9.96. The van der Waals surface area contributed by atoms with Gasteiger partial charge in [-0.15, -0.1) is 0 Å². The molecule has 0 fully saturated rings. The summed E-state index contributed by atoms with van der Waals surface area (Å²) in [5, 5.41) is 7.16. The molecule has 0 saturated carbocycles. The summed E-state index contributed by atoms with van der Waals surface area (Å²) in [7, 11) is 0. The number of hydrogen-bond donors (Lipinski definition) is 1. The van der Waals surface area contributed by atoms with Gasteiger partial charge in [0.2, 0.25) is 5.89 Å². The predicted molar refractivity (Wildman–Crippen MR) is 76.4 cm³/mol. The van der Waals surface area contributed by atoms with Gasteiger partial charge in [-0.05, 0) is 5.92 Å². The first-order valence-corrected chi connectivity index (χ1v) is 6.75. The molecule has 108 valence electrons. The molecule has 0 spiro atoms. The fourth-order valence-electron chi connectivity index (χ4n) is 1.58. The Morgan fingerprint density at radius 2 is 2.00 bits per heavy atom. The van der Waals surface area contributed by atoms with Crippen LogP contribution in [0.3, 0.4) is 0 Å². The first-order valence-electron chi connectivity index (χ1n) is 6.75. The fourth-order valence-corrected chi connectivity index (χ4v) is 1.58. The molecule has 20 heavy (non-hydrogen) atoms. The van der Waals surface area contributed by atoms with Crippen LogP contribution in [-0.4, -0.2) is 20.1 Å². The lowest BCUT2D eigenvalue weighted by molar-refractivity contribution is 0.367. The minimum absolute atomic E-state index is 0.110. The number of aromatic nitrogens is 4. The topological polar surface area (TPSA) is 76.7 Å². The molecule has 0 unspecified atom stereocenters. The van der Waals surface area contributed by atoms with Crippen molar-refractivity contribution in [1.29, 1.82) is 0 Å². The minimum Gasteiger partial charge on any atom is -0.361 e. The Kier molecular flexibility index (Phi) is 4.01. The Morgan fingerprint density at radius 1 is 1.25 bits per heavy atom. The maximum Gasteiger partial charge on any atom is 0.246 e. The highest BCUT2D eigenvalue weighted by Gasteiger charge is 2.20. The molecule has 0 amide bonds. The molecule has 6 heteroatoms. The van der Waals surface area contributed by atoms with E-state index in [-0.39, 0.29) is 5.41 Å². The summed E-state index contributed by atoms with van der Waals surface area (Å²) in [4.78, 5) is 12.8. The summed E-state index contributed by atoms with van der Waals surface area (Å²) in [5.41, 5.74) is 0.894. The average Bonchev–Trinajstić information content (AvgIpc) is 2.85. The summed E-state index contributed by atoms with van der Waals surface area (Å²) in [6, 6.07) is 1.94. The highest BCUT2D eigenvalue weighted by molar-refractivity contribution is 5.35. The van der Waals surface area contributed by atoms with Gasteiger partial charge in [0.25, 0.3) is 0 Å². The minimum atomic E-state index is -0.110. The second-order valence-electron chi connectivity index (χ2n) is 6.10. The van der Waals surface area contributed by atoms with Crippen molar-refractivity contribution in [3.8, 4) is 0 Å². The van der Waals surface area contributed by atoms with E-state index in [1.165, 1.54) is 0 Å². The molecule has 0 aliphatic rings. The summed E-state index contributed by atoms with van der Waals surface area (Å²) in [6.07, 6.45) is 1.56. The molecular weight excluding hydrogens is 254 g/mol. The summed E-state index contributed by atoms with van der Waals surface area (Å²) >= 11 is 0. The number of hydrogen-bond acceptors (Lipinski definition) is 6. The molecule has 2 aromatic heterocycles. The molecule has 0 atom stereocenters. The van der Waals surface area contributed by atoms with Gasteiger partial charge >= 0.3 is 0 Å². The molecule has 0 radical (unpaired) electrons. The molecule has 6 nitrogen and oxygen atoms in total. The van der Waals surface area contributed by atoms with Crippen LogP contribution in [-0.2, 0) is 12.0 Å². The summed E-state index contributed by atoms with van der Waals surface area (Å²) in [6.45, 7) is 10.8. The predicted octanol–water partition coefficient (Wildman–Crippen LogP) is 2.89. The Labute approximate surface area is 119 Å². The Hall–Kier alpha value is -1.98. The summed E-state index contributed by atoms with van der Waals surface area (Å²) < 4.78 is 5.22. The van der Waals surface area contributed by atoms with Crippen LogP contribution in [0.25, 0.3) is 0 Å².